The number of aromatic nitrogens is 4. The monoisotopic (exact) mass is 387 g/mol. The van der Waals surface area contributed by atoms with Gasteiger partial charge in [-0.3, -0.25) is 19.8 Å². The number of anilines is 1. The van der Waals surface area contributed by atoms with Gasteiger partial charge in [0.1, 0.15) is 17.1 Å². The lowest BCUT2D eigenvalue weighted by atomic mass is 10.1. The molecule has 0 unspecified atom stereocenters. The summed E-state index contributed by atoms with van der Waals surface area (Å²) in [5, 5.41) is 8.28. The molecule has 3 aromatic heterocycles. The second kappa shape index (κ2) is 6.81. The second-order valence-corrected chi connectivity index (χ2v) is 7.77. The molecule has 0 atom stereocenters. The Bertz CT molecular complexity index is 976. The third-order valence-electron chi connectivity index (χ3n) is 4.42. The normalized spacial score (nSPS) is 13.8. The minimum absolute atomic E-state index is 0.179. The molecular weight excluding hydrogens is 370 g/mol. The van der Waals surface area contributed by atoms with Gasteiger partial charge in [-0.2, -0.15) is 5.10 Å². The van der Waals surface area contributed by atoms with Crippen LogP contribution in [0.25, 0.3) is 11.4 Å². The molecule has 1 saturated carbocycles. The number of hydrogen-bond donors (Lipinski definition) is 1. The maximum atomic E-state index is 12.8. The van der Waals surface area contributed by atoms with Crippen LogP contribution in [0.5, 0.6) is 0 Å². The van der Waals surface area contributed by atoms with Crippen molar-refractivity contribution in [3.05, 3.63) is 45.7 Å². The van der Waals surface area contributed by atoms with E-state index in [9.17, 15) is 4.79 Å². The van der Waals surface area contributed by atoms with Crippen molar-refractivity contribution in [1.29, 1.82) is 0 Å². The Kier molecular flexibility index (Phi) is 4.50. The number of thiazole rings is 1. The number of carbonyl (C=O) groups is 1. The highest BCUT2D eigenvalue weighted by atomic mass is 35.5. The van der Waals surface area contributed by atoms with Crippen LogP contribution in [0.2, 0.25) is 5.02 Å². The lowest BCUT2D eigenvalue weighted by Crippen LogP contribution is -2.17. The molecule has 0 saturated heterocycles. The standard InChI is InChI=1S/C18H18ClN5OS/c1-3-13-15(14-12(19)5-4-8-20-14)22-18(26-13)23-17(25)16-11(10-6-7-10)9-21-24(16)2/h4-5,8-10H,3,6-7H2,1-2H3,(H,22,23,25). The van der Waals surface area contributed by atoms with Crippen molar-refractivity contribution in [2.24, 2.45) is 7.05 Å². The largest absolute Gasteiger partial charge is 0.296 e. The Morgan fingerprint density at radius 3 is 2.92 bits per heavy atom. The summed E-state index contributed by atoms with van der Waals surface area (Å²) in [6.07, 6.45) is 6.51. The zero-order valence-electron chi connectivity index (χ0n) is 14.5. The summed E-state index contributed by atoms with van der Waals surface area (Å²) in [5.74, 6) is 0.275. The van der Waals surface area contributed by atoms with Crippen LogP contribution in [-0.4, -0.2) is 25.7 Å². The Morgan fingerprint density at radius 1 is 1.42 bits per heavy atom. The molecule has 3 heterocycles. The van der Waals surface area contributed by atoms with E-state index >= 15 is 0 Å². The molecule has 6 nitrogen and oxygen atoms in total. The van der Waals surface area contributed by atoms with Crippen LogP contribution in [-0.2, 0) is 13.5 Å². The fourth-order valence-corrected chi connectivity index (χ4v) is 4.08. The molecule has 1 fully saturated rings. The summed E-state index contributed by atoms with van der Waals surface area (Å²) in [4.78, 5) is 22.8. The van der Waals surface area contributed by atoms with Crippen LogP contribution in [0.1, 0.15) is 46.6 Å². The quantitative estimate of drug-likeness (QED) is 0.709. The minimum atomic E-state index is -0.179. The molecule has 1 N–H and O–H groups in total. The van der Waals surface area contributed by atoms with E-state index in [1.165, 1.54) is 11.3 Å². The first-order chi connectivity index (χ1) is 12.6. The van der Waals surface area contributed by atoms with Gasteiger partial charge >= 0.3 is 0 Å². The molecule has 134 valence electrons. The highest BCUT2D eigenvalue weighted by molar-refractivity contribution is 7.16. The average Bonchev–Trinajstić information content (AvgIpc) is 3.28. The number of halogens is 1. The van der Waals surface area contributed by atoms with Gasteiger partial charge in [0.05, 0.1) is 11.2 Å². The lowest BCUT2D eigenvalue weighted by molar-refractivity contribution is 0.101. The van der Waals surface area contributed by atoms with Gasteiger partial charge in [0, 0.05) is 23.7 Å². The zero-order chi connectivity index (χ0) is 18.3. The summed E-state index contributed by atoms with van der Waals surface area (Å²) in [6.45, 7) is 2.05. The van der Waals surface area contributed by atoms with Crippen molar-refractivity contribution in [3.63, 3.8) is 0 Å². The summed E-state index contributed by atoms with van der Waals surface area (Å²) >= 11 is 7.72. The third-order valence-corrected chi connectivity index (χ3v) is 5.84. The van der Waals surface area contributed by atoms with E-state index in [2.05, 4.69) is 20.4 Å². The van der Waals surface area contributed by atoms with E-state index in [1.54, 1.807) is 36.3 Å². The SMILES string of the molecule is CCc1sc(NC(=O)c2c(C3CC3)cnn2C)nc1-c1ncccc1Cl. The molecule has 3 aromatic rings. The van der Waals surface area contributed by atoms with Crippen molar-refractivity contribution in [2.75, 3.05) is 5.32 Å². The van der Waals surface area contributed by atoms with Crippen LogP contribution >= 0.6 is 22.9 Å². The first-order valence-electron chi connectivity index (χ1n) is 8.52. The van der Waals surface area contributed by atoms with Crippen LogP contribution < -0.4 is 5.32 Å². The molecule has 4 rings (SSSR count). The number of amides is 1. The van der Waals surface area contributed by atoms with E-state index in [0.717, 1.165) is 35.4 Å². The summed E-state index contributed by atoms with van der Waals surface area (Å²) < 4.78 is 1.63. The van der Waals surface area contributed by atoms with Gasteiger partial charge in [0.25, 0.3) is 5.91 Å². The number of carbonyl (C=O) groups excluding carboxylic acids is 1. The fraction of sp³-hybridized carbons (Fsp3) is 0.333. The van der Waals surface area contributed by atoms with E-state index in [-0.39, 0.29) is 5.91 Å². The molecule has 0 bridgehead atoms. The number of hydrogen-bond acceptors (Lipinski definition) is 5. The van der Waals surface area contributed by atoms with E-state index in [0.29, 0.717) is 27.5 Å². The number of pyridine rings is 1. The molecule has 0 aromatic carbocycles. The highest BCUT2D eigenvalue weighted by Crippen LogP contribution is 2.41. The predicted molar refractivity (Wildman–Crippen MR) is 103 cm³/mol. The van der Waals surface area contributed by atoms with Crippen molar-refractivity contribution >= 4 is 34.0 Å². The Labute approximate surface area is 160 Å². The van der Waals surface area contributed by atoms with Gasteiger partial charge in [0.2, 0.25) is 0 Å². The third kappa shape index (κ3) is 3.12. The number of nitrogens with zero attached hydrogens (tertiary/aromatic N) is 4. The number of rotatable bonds is 5. The van der Waals surface area contributed by atoms with Crippen molar-refractivity contribution in [3.8, 4) is 11.4 Å². The maximum absolute atomic E-state index is 12.8. The lowest BCUT2D eigenvalue weighted by Gasteiger charge is -2.05. The topological polar surface area (TPSA) is 72.7 Å². The van der Waals surface area contributed by atoms with E-state index in [1.807, 2.05) is 6.92 Å². The molecule has 8 heteroatoms. The van der Waals surface area contributed by atoms with E-state index in [4.69, 9.17) is 11.6 Å². The highest BCUT2D eigenvalue weighted by Gasteiger charge is 2.31. The molecule has 0 radical (unpaired) electrons. The second-order valence-electron chi connectivity index (χ2n) is 6.28. The Balaban J connectivity index is 1.64. The number of aryl methyl sites for hydroxylation is 2. The molecule has 1 aliphatic rings. The van der Waals surface area contributed by atoms with Crippen molar-refractivity contribution in [2.45, 2.75) is 32.1 Å². The van der Waals surface area contributed by atoms with Gasteiger partial charge in [-0.25, -0.2) is 4.98 Å². The van der Waals surface area contributed by atoms with Crippen molar-refractivity contribution < 1.29 is 4.79 Å². The van der Waals surface area contributed by atoms with Gasteiger partial charge < -0.3 is 0 Å². The van der Waals surface area contributed by atoms with E-state index < -0.39 is 0 Å². The first-order valence-corrected chi connectivity index (χ1v) is 9.71. The summed E-state index contributed by atoms with van der Waals surface area (Å²) in [7, 11) is 1.79. The molecular formula is C18H18ClN5OS. The molecule has 0 aliphatic heterocycles. The molecule has 0 spiro atoms. The van der Waals surface area contributed by atoms with Crippen LogP contribution in [0.15, 0.2) is 24.5 Å². The summed E-state index contributed by atoms with van der Waals surface area (Å²) in [6, 6.07) is 3.58. The van der Waals surface area contributed by atoms with Crippen LogP contribution in [0, 0.1) is 0 Å². The maximum Gasteiger partial charge on any atom is 0.275 e. The molecule has 1 aliphatic carbocycles. The smallest absolute Gasteiger partial charge is 0.275 e. The van der Waals surface area contributed by atoms with Gasteiger partial charge in [-0.05, 0) is 37.3 Å². The fourth-order valence-electron chi connectivity index (χ4n) is 2.97. The average molecular weight is 388 g/mol. The minimum Gasteiger partial charge on any atom is -0.296 e. The van der Waals surface area contributed by atoms with Crippen molar-refractivity contribution in [1.82, 2.24) is 19.7 Å². The Morgan fingerprint density at radius 2 is 2.23 bits per heavy atom. The van der Waals surface area contributed by atoms with Gasteiger partial charge in [0.15, 0.2) is 5.13 Å². The van der Waals surface area contributed by atoms with Gasteiger partial charge in [-0.1, -0.05) is 18.5 Å². The summed E-state index contributed by atoms with van der Waals surface area (Å²) in [5.41, 5.74) is 3.00. The van der Waals surface area contributed by atoms with Crippen LogP contribution in [0.3, 0.4) is 0 Å². The predicted octanol–water partition coefficient (Wildman–Crippen LogP) is 4.28. The first kappa shape index (κ1) is 17.2. The molecule has 1 amide bonds. The Hall–Kier alpha value is -2.25. The molecule has 26 heavy (non-hydrogen) atoms. The number of nitrogens with one attached hydrogen (secondary N) is 1. The van der Waals surface area contributed by atoms with Gasteiger partial charge in [-0.15, -0.1) is 11.3 Å². The zero-order valence-corrected chi connectivity index (χ0v) is 16.1. The van der Waals surface area contributed by atoms with Crippen LogP contribution in [0.4, 0.5) is 5.13 Å².